The Bertz CT molecular complexity index is 479. The SMILES string of the molecule is COCC1(C(=O)N(C)c2cccc(OC)c2)CCNCC1. The van der Waals surface area contributed by atoms with E-state index in [9.17, 15) is 4.79 Å². The van der Waals surface area contributed by atoms with E-state index in [-0.39, 0.29) is 5.91 Å². The van der Waals surface area contributed by atoms with Gasteiger partial charge in [-0.05, 0) is 38.1 Å². The van der Waals surface area contributed by atoms with Gasteiger partial charge < -0.3 is 19.7 Å². The fourth-order valence-corrected chi connectivity index (χ4v) is 2.89. The topological polar surface area (TPSA) is 50.8 Å². The van der Waals surface area contributed by atoms with Crippen molar-refractivity contribution in [2.75, 3.05) is 45.9 Å². The van der Waals surface area contributed by atoms with Gasteiger partial charge in [0.25, 0.3) is 0 Å². The maximum absolute atomic E-state index is 13.0. The number of carbonyl (C=O) groups is 1. The number of methoxy groups -OCH3 is 2. The minimum atomic E-state index is -0.433. The van der Waals surface area contributed by atoms with Crippen LogP contribution in [0.2, 0.25) is 0 Å². The van der Waals surface area contributed by atoms with Crippen molar-refractivity contribution in [1.82, 2.24) is 5.32 Å². The average molecular weight is 292 g/mol. The molecule has 1 aliphatic heterocycles. The smallest absolute Gasteiger partial charge is 0.235 e. The number of hydrogen-bond acceptors (Lipinski definition) is 4. The molecule has 1 fully saturated rings. The molecule has 0 bridgehead atoms. The number of nitrogens with one attached hydrogen (secondary N) is 1. The van der Waals surface area contributed by atoms with Gasteiger partial charge in [0.2, 0.25) is 5.91 Å². The van der Waals surface area contributed by atoms with E-state index in [1.165, 1.54) is 0 Å². The molecule has 21 heavy (non-hydrogen) atoms. The van der Waals surface area contributed by atoms with Crippen LogP contribution >= 0.6 is 0 Å². The van der Waals surface area contributed by atoms with E-state index >= 15 is 0 Å². The molecule has 1 amide bonds. The molecule has 1 aromatic carbocycles. The number of rotatable bonds is 5. The maximum atomic E-state index is 13.0. The van der Waals surface area contributed by atoms with Crippen molar-refractivity contribution in [2.24, 2.45) is 5.41 Å². The second kappa shape index (κ2) is 6.91. The van der Waals surface area contributed by atoms with Crippen LogP contribution in [0.4, 0.5) is 5.69 Å². The third kappa shape index (κ3) is 3.36. The molecule has 0 spiro atoms. The van der Waals surface area contributed by atoms with Crippen LogP contribution in [-0.4, -0.2) is 46.9 Å². The summed E-state index contributed by atoms with van der Waals surface area (Å²) in [6, 6.07) is 7.56. The lowest BCUT2D eigenvalue weighted by Crippen LogP contribution is -2.50. The molecule has 0 aromatic heterocycles. The van der Waals surface area contributed by atoms with Crippen molar-refractivity contribution in [3.63, 3.8) is 0 Å². The van der Waals surface area contributed by atoms with Crippen molar-refractivity contribution >= 4 is 11.6 Å². The number of piperidine rings is 1. The first kappa shape index (κ1) is 15.8. The molecule has 1 N–H and O–H groups in total. The number of hydrogen-bond donors (Lipinski definition) is 1. The highest BCUT2D eigenvalue weighted by Crippen LogP contribution is 2.33. The largest absolute Gasteiger partial charge is 0.497 e. The standard InChI is InChI=1S/C16H24N2O3/c1-18(13-5-4-6-14(11-13)21-3)15(19)16(12-20-2)7-9-17-10-8-16/h4-6,11,17H,7-10,12H2,1-3H3. The molecular formula is C16H24N2O3. The van der Waals surface area contributed by atoms with E-state index in [1.807, 2.05) is 31.3 Å². The normalized spacial score (nSPS) is 17.3. The maximum Gasteiger partial charge on any atom is 0.235 e. The molecule has 0 atom stereocenters. The zero-order valence-electron chi connectivity index (χ0n) is 13.0. The fraction of sp³-hybridized carbons (Fsp3) is 0.562. The summed E-state index contributed by atoms with van der Waals surface area (Å²) >= 11 is 0. The monoisotopic (exact) mass is 292 g/mol. The van der Waals surface area contributed by atoms with Gasteiger partial charge in [-0.15, -0.1) is 0 Å². The summed E-state index contributed by atoms with van der Waals surface area (Å²) in [5, 5.41) is 3.30. The number of benzene rings is 1. The van der Waals surface area contributed by atoms with Gasteiger partial charge in [0, 0.05) is 25.9 Å². The number of nitrogens with zero attached hydrogens (tertiary/aromatic N) is 1. The minimum absolute atomic E-state index is 0.110. The lowest BCUT2D eigenvalue weighted by atomic mass is 9.78. The van der Waals surface area contributed by atoms with Crippen LogP contribution in [0, 0.1) is 5.41 Å². The highest BCUT2D eigenvalue weighted by atomic mass is 16.5. The summed E-state index contributed by atoms with van der Waals surface area (Å²) in [4.78, 5) is 14.7. The molecule has 5 nitrogen and oxygen atoms in total. The summed E-state index contributed by atoms with van der Waals surface area (Å²) in [5.74, 6) is 0.859. The van der Waals surface area contributed by atoms with Gasteiger partial charge in [-0.2, -0.15) is 0 Å². The zero-order chi connectivity index (χ0) is 15.3. The molecule has 5 heteroatoms. The second-order valence-corrected chi connectivity index (χ2v) is 5.53. The van der Waals surface area contributed by atoms with Gasteiger partial charge >= 0.3 is 0 Å². The Morgan fingerprint density at radius 1 is 1.33 bits per heavy atom. The molecule has 116 valence electrons. The predicted octanol–water partition coefficient (Wildman–Crippen LogP) is 1.67. The molecule has 1 saturated heterocycles. The van der Waals surface area contributed by atoms with E-state index < -0.39 is 5.41 Å². The van der Waals surface area contributed by atoms with E-state index in [4.69, 9.17) is 9.47 Å². The number of anilines is 1. The first-order chi connectivity index (χ1) is 10.1. The van der Waals surface area contributed by atoms with Crippen LogP contribution in [-0.2, 0) is 9.53 Å². The van der Waals surface area contributed by atoms with Crippen LogP contribution in [0.5, 0.6) is 5.75 Å². The molecule has 1 aliphatic rings. The molecule has 2 rings (SSSR count). The summed E-state index contributed by atoms with van der Waals surface area (Å²) in [6.07, 6.45) is 1.60. The van der Waals surface area contributed by atoms with Crippen LogP contribution in [0.25, 0.3) is 0 Å². The lowest BCUT2D eigenvalue weighted by Gasteiger charge is -2.38. The van der Waals surface area contributed by atoms with Crippen molar-refractivity contribution in [3.8, 4) is 5.75 Å². The molecule has 0 unspecified atom stereocenters. The Kier molecular flexibility index (Phi) is 5.20. The van der Waals surface area contributed by atoms with E-state index in [0.717, 1.165) is 37.4 Å². The number of amides is 1. The van der Waals surface area contributed by atoms with Crippen molar-refractivity contribution in [1.29, 1.82) is 0 Å². The van der Waals surface area contributed by atoms with Gasteiger partial charge in [0.1, 0.15) is 5.75 Å². The van der Waals surface area contributed by atoms with Crippen molar-refractivity contribution in [3.05, 3.63) is 24.3 Å². The Hall–Kier alpha value is -1.59. The Balaban J connectivity index is 2.22. The van der Waals surface area contributed by atoms with Gasteiger partial charge in [-0.25, -0.2) is 0 Å². The van der Waals surface area contributed by atoms with Crippen molar-refractivity contribution < 1.29 is 14.3 Å². The fourth-order valence-electron chi connectivity index (χ4n) is 2.89. The van der Waals surface area contributed by atoms with E-state index in [1.54, 1.807) is 19.1 Å². The quantitative estimate of drug-likeness (QED) is 0.897. The van der Waals surface area contributed by atoms with Crippen LogP contribution in [0.1, 0.15) is 12.8 Å². The third-order valence-electron chi connectivity index (χ3n) is 4.18. The van der Waals surface area contributed by atoms with Gasteiger partial charge in [0.05, 0.1) is 19.1 Å². The Morgan fingerprint density at radius 3 is 2.67 bits per heavy atom. The molecular weight excluding hydrogens is 268 g/mol. The first-order valence-electron chi connectivity index (χ1n) is 7.25. The second-order valence-electron chi connectivity index (χ2n) is 5.53. The highest BCUT2D eigenvalue weighted by molar-refractivity contribution is 5.97. The van der Waals surface area contributed by atoms with Gasteiger partial charge in [0.15, 0.2) is 0 Å². The Morgan fingerprint density at radius 2 is 2.05 bits per heavy atom. The first-order valence-corrected chi connectivity index (χ1v) is 7.25. The molecule has 1 heterocycles. The predicted molar refractivity (Wildman–Crippen MR) is 82.8 cm³/mol. The molecule has 0 aliphatic carbocycles. The summed E-state index contributed by atoms with van der Waals surface area (Å²) in [7, 11) is 5.10. The van der Waals surface area contributed by atoms with Crippen LogP contribution < -0.4 is 15.0 Å². The molecule has 1 aromatic rings. The van der Waals surface area contributed by atoms with Crippen molar-refractivity contribution in [2.45, 2.75) is 12.8 Å². The lowest BCUT2D eigenvalue weighted by molar-refractivity contribution is -0.133. The van der Waals surface area contributed by atoms with E-state index in [0.29, 0.717) is 6.61 Å². The average Bonchev–Trinajstić information content (AvgIpc) is 2.54. The Labute approximate surface area is 126 Å². The molecule has 0 radical (unpaired) electrons. The molecule has 0 saturated carbocycles. The third-order valence-corrected chi connectivity index (χ3v) is 4.18. The number of ether oxygens (including phenoxy) is 2. The summed E-state index contributed by atoms with van der Waals surface area (Å²) in [6.45, 7) is 2.16. The number of carbonyl (C=O) groups excluding carboxylic acids is 1. The van der Waals surface area contributed by atoms with Gasteiger partial charge in [-0.1, -0.05) is 6.07 Å². The van der Waals surface area contributed by atoms with Crippen LogP contribution in [0.3, 0.4) is 0 Å². The highest BCUT2D eigenvalue weighted by Gasteiger charge is 2.41. The zero-order valence-corrected chi connectivity index (χ0v) is 13.0. The summed E-state index contributed by atoms with van der Waals surface area (Å²) < 4.78 is 10.6. The van der Waals surface area contributed by atoms with Gasteiger partial charge in [-0.3, -0.25) is 4.79 Å². The summed E-state index contributed by atoms with van der Waals surface area (Å²) in [5.41, 5.74) is 0.408. The van der Waals surface area contributed by atoms with E-state index in [2.05, 4.69) is 5.32 Å². The van der Waals surface area contributed by atoms with Crippen LogP contribution in [0.15, 0.2) is 24.3 Å². The minimum Gasteiger partial charge on any atom is -0.497 e.